The van der Waals surface area contributed by atoms with Gasteiger partial charge in [-0.2, -0.15) is 0 Å². The van der Waals surface area contributed by atoms with E-state index in [1.54, 1.807) is 18.2 Å². The Morgan fingerprint density at radius 2 is 1.78 bits per heavy atom. The number of esters is 1. The Balaban J connectivity index is 2.15. The smallest absolute Gasteiger partial charge is 0.340 e. The predicted octanol–water partition coefficient (Wildman–Crippen LogP) is 4.30. The molecule has 0 heterocycles. The summed E-state index contributed by atoms with van der Waals surface area (Å²) in [5.74, 6) is -0.657. The van der Waals surface area contributed by atoms with Gasteiger partial charge in [0.25, 0.3) is 0 Å². The molecular formula is C17H14Cl2O4. The van der Waals surface area contributed by atoms with E-state index < -0.39 is 5.97 Å². The first-order valence-electron chi connectivity index (χ1n) is 6.81. The van der Waals surface area contributed by atoms with E-state index in [0.29, 0.717) is 12.0 Å². The summed E-state index contributed by atoms with van der Waals surface area (Å²) < 4.78 is 4.60. The molecular weight excluding hydrogens is 339 g/mol. The molecule has 0 aliphatic carbocycles. The van der Waals surface area contributed by atoms with Crippen molar-refractivity contribution in [2.24, 2.45) is 0 Å². The molecule has 2 aromatic carbocycles. The van der Waals surface area contributed by atoms with Crippen molar-refractivity contribution in [3.05, 3.63) is 63.1 Å². The fourth-order valence-electron chi connectivity index (χ4n) is 2.15. The number of rotatable bonds is 5. The molecule has 4 nitrogen and oxygen atoms in total. The molecule has 0 aromatic heterocycles. The van der Waals surface area contributed by atoms with Crippen molar-refractivity contribution in [2.75, 3.05) is 7.11 Å². The number of halogens is 2. The van der Waals surface area contributed by atoms with Gasteiger partial charge in [0.1, 0.15) is 5.75 Å². The molecule has 6 heteroatoms. The maximum Gasteiger partial charge on any atom is 0.340 e. The molecule has 0 aliphatic rings. The molecule has 0 aliphatic heterocycles. The summed E-state index contributed by atoms with van der Waals surface area (Å²) in [5, 5.41) is 9.56. The van der Waals surface area contributed by atoms with Crippen molar-refractivity contribution in [2.45, 2.75) is 12.8 Å². The molecule has 0 unspecified atom stereocenters. The maximum atomic E-state index is 12.3. The fourth-order valence-corrected chi connectivity index (χ4v) is 2.79. The van der Waals surface area contributed by atoms with E-state index in [4.69, 9.17) is 23.2 Å². The van der Waals surface area contributed by atoms with Crippen LogP contribution in [0.5, 0.6) is 5.75 Å². The predicted molar refractivity (Wildman–Crippen MR) is 88.6 cm³/mol. The lowest BCUT2D eigenvalue weighted by molar-refractivity contribution is 0.0600. The quantitative estimate of drug-likeness (QED) is 0.643. The monoisotopic (exact) mass is 352 g/mol. The van der Waals surface area contributed by atoms with E-state index in [9.17, 15) is 14.7 Å². The molecule has 2 aromatic rings. The minimum Gasteiger partial charge on any atom is -0.508 e. The van der Waals surface area contributed by atoms with Crippen LogP contribution in [0.15, 0.2) is 36.4 Å². The average Bonchev–Trinajstić information content (AvgIpc) is 2.51. The number of hydrogen-bond acceptors (Lipinski definition) is 4. The summed E-state index contributed by atoms with van der Waals surface area (Å²) in [7, 11) is 1.23. The van der Waals surface area contributed by atoms with E-state index >= 15 is 0 Å². The maximum absolute atomic E-state index is 12.3. The highest BCUT2D eigenvalue weighted by molar-refractivity contribution is 6.39. The van der Waals surface area contributed by atoms with Gasteiger partial charge in [-0.05, 0) is 36.2 Å². The number of hydrogen-bond donors (Lipinski definition) is 1. The van der Waals surface area contributed by atoms with Gasteiger partial charge in [0.05, 0.1) is 22.7 Å². The lowest BCUT2D eigenvalue weighted by Crippen LogP contribution is -2.07. The zero-order chi connectivity index (χ0) is 17.0. The number of ketones is 1. The van der Waals surface area contributed by atoms with Crippen LogP contribution in [-0.4, -0.2) is 24.0 Å². The Kier molecular flexibility index (Phi) is 5.64. The van der Waals surface area contributed by atoms with Crippen molar-refractivity contribution < 1.29 is 19.4 Å². The van der Waals surface area contributed by atoms with Crippen LogP contribution >= 0.6 is 23.2 Å². The number of benzene rings is 2. The van der Waals surface area contributed by atoms with Gasteiger partial charge in [-0.15, -0.1) is 0 Å². The highest BCUT2D eigenvalue weighted by Crippen LogP contribution is 2.28. The van der Waals surface area contributed by atoms with Crippen LogP contribution < -0.4 is 0 Å². The first-order valence-corrected chi connectivity index (χ1v) is 7.56. The lowest BCUT2D eigenvalue weighted by Gasteiger charge is -2.08. The van der Waals surface area contributed by atoms with Gasteiger partial charge >= 0.3 is 5.97 Å². The summed E-state index contributed by atoms with van der Waals surface area (Å²) in [4.78, 5) is 23.8. The van der Waals surface area contributed by atoms with Crippen LogP contribution in [0.3, 0.4) is 0 Å². The molecule has 120 valence electrons. The van der Waals surface area contributed by atoms with Crippen molar-refractivity contribution in [1.29, 1.82) is 0 Å². The van der Waals surface area contributed by atoms with E-state index in [0.717, 1.165) is 5.56 Å². The average molecular weight is 353 g/mol. The molecule has 0 bridgehead atoms. The minimum atomic E-state index is -0.654. The largest absolute Gasteiger partial charge is 0.508 e. The number of aryl methyl sites for hydroxylation is 1. The molecule has 0 saturated heterocycles. The summed E-state index contributed by atoms with van der Waals surface area (Å²) in [5.41, 5.74) is 1.22. The van der Waals surface area contributed by atoms with Gasteiger partial charge < -0.3 is 9.84 Å². The number of carbonyl (C=O) groups is 2. The summed E-state index contributed by atoms with van der Waals surface area (Å²) in [6.07, 6.45) is 0.703. The summed E-state index contributed by atoms with van der Waals surface area (Å²) in [6.45, 7) is 0. The van der Waals surface area contributed by atoms with E-state index in [1.165, 1.54) is 19.2 Å². The SMILES string of the molecule is COC(=O)c1c(Cl)cc(C(=O)CCc2cccc(O)c2)cc1Cl. The van der Waals surface area contributed by atoms with Gasteiger partial charge in [-0.1, -0.05) is 35.3 Å². The number of phenols is 1. The van der Waals surface area contributed by atoms with Crippen molar-refractivity contribution >= 4 is 35.0 Å². The van der Waals surface area contributed by atoms with Crippen LogP contribution in [0.4, 0.5) is 0 Å². The molecule has 23 heavy (non-hydrogen) atoms. The van der Waals surface area contributed by atoms with Crippen LogP contribution in [0, 0.1) is 0 Å². The molecule has 0 spiro atoms. The third-order valence-electron chi connectivity index (χ3n) is 3.30. The van der Waals surface area contributed by atoms with Gasteiger partial charge in [0, 0.05) is 12.0 Å². The van der Waals surface area contributed by atoms with Crippen molar-refractivity contribution in [3.8, 4) is 5.75 Å². The van der Waals surface area contributed by atoms with Crippen molar-refractivity contribution in [3.63, 3.8) is 0 Å². The van der Waals surface area contributed by atoms with E-state index in [1.807, 2.05) is 6.07 Å². The van der Waals surface area contributed by atoms with Crippen molar-refractivity contribution in [1.82, 2.24) is 0 Å². The normalized spacial score (nSPS) is 10.4. The lowest BCUT2D eigenvalue weighted by atomic mass is 10.0. The van der Waals surface area contributed by atoms with Gasteiger partial charge in [0.2, 0.25) is 0 Å². The fraction of sp³-hybridized carbons (Fsp3) is 0.176. The Hall–Kier alpha value is -2.04. The number of aromatic hydroxyl groups is 1. The van der Waals surface area contributed by atoms with Crippen LogP contribution in [0.1, 0.15) is 32.7 Å². The third kappa shape index (κ3) is 4.24. The Bertz CT molecular complexity index is 733. The standard InChI is InChI=1S/C17H14Cl2O4/c1-23-17(22)16-13(18)8-11(9-14(16)19)15(21)6-5-10-3-2-4-12(20)7-10/h2-4,7-9,20H,5-6H2,1H3. The molecule has 0 fully saturated rings. The second-order valence-electron chi connectivity index (χ2n) is 4.90. The topological polar surface area (TPSA) is 63.6 Å². The third-order valence-corrected chi connectivity index (χ3v) is 3.90. The number of Topliss-reactive ketones (excluding diaryl/α,β-unsaturated/α-hetero) is 1. The second-order valence-corrected chi connectivity index (χ2v) is 5.71. The van der Waals surface area contributed by atoms with Gasteiger partial charge in [0.15, 0.2) is 5.78 Å². The molecule has 0 saturated carbocycles. The molecule has 2 rings (SSSR count). The van der Waals surface area contributed by atoms with E-state index in [-0.39, 0.29) is 33.6 Å². The number of phenolic OH excluding ortho intramolecular Hbond substituents is 1. The number of carbonyl (C=O) groups excluding carboxylic acids is 2. The first kappa shape index (κ1) is 17.3. The van der Waals surface area contributed by atoms with Crippen LogP contribution in [0.2, 0.25) is 10.0 Å². The van der Waals surface area contributed by atoms with E-state index in [2.05, 4.69) is 4.74 Å². The first-order chi connectivity index (χ1) is 10.9. The molecule has 1 N–H and O–H groups in total. The van der Waals surface area contributed by atoms with Crippen LogP contribution in [0.25, 0.3) is 0 Å². The molecule has 0 amide bonds. The van der Waals surface area contributed by atoms with Gasteiger partial charge in [-0.3, -0.25) is 4.79 Å². The summed E-state index contributed by atoms with van der Waals surface area (Å²) in [6, 6.07) is 9.53. The zero-order valence-electron chi connectivity index (χ0n) is 12.3. The second kappa shape index (κ2) is 7.49. The Morgan fingerprint density at radius 3 is 2.35 bits per heavy atom. The summed E-state index contributed by atoms with van der Waals surface area (Å²) >= 11 is 12.0. The molecule has 0 atom stereocenters. The zero-order valence-corrected chi connectivity index (χ0v) is 13.8. The Labute approximate surface area is 143 Å². The van der Waals surface area contributed by atoms with Crippen LogP contribution in [-0.2, 0) is 11.2 Å². The number of ether oxygens (including phenoxy) is 1. The molecule has 0 radical (unpaired) electrons. The number of methoxy groups -OCH3 is 1. The highest BCUT2D eigenvalue weighted by atomic mass is 35.5. The van der Waals surface area contributed by atoms with Gasteiger partial charge in [-0.25, -0.2) is 4.79 Å². The highest BCUT2D eigenvalue weighted by Gasteiger charge is 2.18. The Morgan fingerprint density at radius 1 is 1.13 bits per heavy atom. The minimum absolute atomic E-state index is 0.0420.